The molecule has 0 amide bonds. The fraction of sp³-hybridized carbons (Fsp3) is 0.412. The number of benzene rings is 1. The van der Waals surface area contributed by atoms with Crippen molar-refractivity contribution in [3.05, 3.63) is 36.5 Å². The highest BCUT2D eigenvalue weighted by Crippen LogP contribution is 2.30. The molecular formula is C17H19NO5. The second-order valence-electron chi connectivity index (χ2n) is 5.60. The van der Waals surface area contributed by atoms with Crippen LogP contribution < -0.4 is 0 Å². The Morgan fingerprint density at radius 1 is 1.09 bits per heavy atom. The number of hydrogen-bond acceptors (Lipinski definition) is 5. The zero-order chi connectivity index (χ0) is 16.4. The lowest BCUT2D eigenvalue weighted by atomic mass is 10.1. The molecule has 6 heteroatoms. The molecule has 0 aliphatic carbocycles. The molecule has 3 unspecified atom stereocenters. The van der Waals surface area contributed by atoms with Crippen LogP contribution in [0.25, 0.3) is 10.9 Å². The van der Waals surface area contributed by atoms with Crippen molar-refractivity contribution in [1.82, 2.24) is 4.57 Å². The van der Waals surface area contributed by atoms with Gasteiger partial charge in [-0.3, -0.25) is 9.59 Å². The van der Waals surface area contributed by atoms with E-state index in [0.717, 1.165) is 10.9 Å². The van der Waals surface area contributed by atoms with Gasteiger partial charge in [-0.1, -0.05) is 18.2 Å². The number of para-hydroxylation sites is 1. The lowest BCUT2D eigenvalue weighted by Crippen LogP contribution is -2.44. The van der Waals surface area contributed by atoms with Gasteiger partial charge in [-0.05, 0) is 17.5 Å². The van der Waals surface area contributed by atoms with Crippen LogP contribution in [0.4, 0.5) is 0 Å². The zero-order valence-corrected chi connectivity index (χ0v) is 13.1. The minimum absolute atomic E-state index is 0.189. The van der Waals surface area contributed by atoms with Crippen LogP contribution in [0.1, 0.15) is 26.5 Å². The SMILES string of the molecule is CC(=O)OC1COC(n2ccc3ccccc32)CC1OC(C)=O. The van der Waals surface area contributed by atoms with Crippen LogP contribution >= 0.6 is 0 Å². The van der Waals surface area contributed by atoms with Gasteiger partial charge in [-0.2, -0.15) is 0 Å². The number of ether oxygens (including phenoxy) is 3. The van der Waals surface area contributed by atoms with Gasteiger partial charge in [-0.15, -0.1) is 0 Å². The van der Waals surface area contributed by atoms with E-state index in [1.165, 1.54) is 13.8 Å². The first-order chi connectivity index (χ1) is 11.0. The maximum Gasteiger partial charge on any atom is 0.303 e. The summed E-state index contributed by atoms with van der Waals surface area (Å²) in [5, 5.41) is 1.11. The lowest BCUT2D eigenvalue weighted by Gasteiger charge is -2.35. The molecule has 2 heterocycles. The van der Waals surface area contributed by atoms with Crippen LogP contribution in [0.3, 0.4) is 0 Å². The second-order valence-corrected chi connectivity index (χ2v) is 5.60. The molecule has 0 saturated carbocycles. The Morgan fingerprint density at radius 2 is 1.78 bits per heavy atom. The average Bonchev–Trinajstić information content (AvgIpc) is 2.92. The average molecular weight is 317 g/mol. The Bertz CT molecular complexity index is 723. The topological polar surface area (TPSA) is 66.8 Å². The maximum atomic E-state index is 11.3. The molecule has 1 fully saturated rings. The number of esters is 2. The van der Waals surface area contributed by atoms with Gasteiger partial charge in [0.25, 0.3) is 0 Å². The van der Waals surface area contributed by atoms with E-state index < -0.39 is 24.1 Å². The largest absolute Gasteiger partial charge is 0.458 e. The van der Waals surface area contributed by atoms with Crippen molar-refractivity contribution < 1.29 is 23.8 Å². The third-order valence-electron chi connectivity index (χ3n) is 3.88. The van der Waals surface area contributed by atoms with Crippen LogP contribution in [-0.4, -0.2) is 35.3 Å². The number of fused-ring (bicyclic) bond motifs is 1. The summed E-state index contributed by atoms with van der Waals surface area (Å²) in [7, 11) is 0. The number of hydrogen-bond donors (Lipinski definition) is 0. The molecular weight excluding hydrogens is 298 g/mol. The van der Waals surface area contributed by atoms with Crippen LogP contribution in [0, 0.1) is 0 Å². The Hall–Kier alpha value is -2.34. The third-order valence-corrected chi connectivity index (χ3v) is 3.88. The van der Waals surface area contributed by atoms with Gasteiger partial charge in [0.15, 0.2) is 6.10 Å². The second kappa shape index (κ2) is 6.42. The first-order valence-corrected chi connectivity index (χ1v) is 7.56. The quantitative estimate of drug-likeness (QED) is 0.813. The predicted octanol–water partition coefficient (Wildman–Crippen LogP) is 2.42. The van der Waals surface area contributed by atoms with Crippen molar-refractivity contribution >= 4 is 22.8 Å². The van der Waals surface area contributed by atoms with Gasteiger partial charge in [-0.25, -0.2) is 0 Å². The number of nitrogens with zero attached hydrogens (tertiary/aromatic N) is 1. The van der Waals surface area contributed by atoms with Gasteiger partial charge in [0.1, 0.15) is 12.3 Å². The van der Waals surface area contributed by atoms with E-state index in [-0.39, 0.29) is 12.8 Å². The van der Waals surface area contributed by atoms with Gasteiger partial charge in [0.2, 0.25) is 0 Å². The Morgan fingerprint density at radius 3 is 2.52 bits per heavy atom. The predicted molar refractivity (Wildman–Crippen MR) is 82.7 cm³/mol. The van der Waals surface area contributed by atoms with Gasteiger partial charge >= 0.3 is 11.9 Å². The summed E-state index contributed by atoms with van der Waals surface area (Å²) in [5.41, 5.74) is 1.05. The first-order valence-electron chi connectivity index (χ1n) is 7.56. The summed E-state index contributed by atoms with van der Waals surface area (Å²) in [6.07, 6.45) is 1.01. The molecule has 23 heavy (non-hydrogen) atoms. The number of aromatic nitrogens is 1. The highest BCUT2D eigenvalue weighted by Gasteiger charge is 2.36. The summed E-state index contributed by atoms with van der Waals surface area (Å²) in [6, 6.07) is 9.99. The monoisotopic (exact) mass is 317 g/mol. The molecule has 2 aromatic rings. The smallest absolute Gasteiger partial charge is 0.303 e. The number of carbonyl (C=O) groups is 2. The molecule has 3 atom stereocenters. The summed E-state index contributed by atoms with van der Waals surface area (Å²) in [5.74, 6) is -0.814. The zero-order valence-electron chi connectivity index (χ0n) is 13.1. The molecule has 6 nitrogen and oxygen atoms in total. The maximum absolute atomic E-state index is 11.3. The van der Waals surface area contributed by atoms with Gasteiger partial charge in [0, 0.05) is 26.5 Å². The van der Waals surface area contributed by atoms with Crippen molar-refractivity contribution in [3.63, 3.8) is 0 Å². The van der Waals surface area contributed by atoms with Crippen LogP contribution in [-0.2, 0) is 23.8 Å². The fourth-order valence-corrected chi connectivity index (χ4v) is 2.94. The molecule has 0 radical (unpaired) electrons. The Balaban J connectivity index is 1.82. The molecule has 0 bridgehead atoms. The van der Waals surface area contributed by atoms with E-state index in [0.29, 0.717) is 6.42 Å². The van der Waals surface area contributed by atoms with E-state index in [2.05, 4.69) is 0 Å². The van der Waals surface area contributed by atoms with Crippen LogP contribution in [0.2, 0.25) is 0 Å². The first kappa shape index (κ1) is 15.6. The standard InChI is InChI=1S/C17H19NO5/c1-11(19)22-15-9-17(21-10-16(15)23-12(2)20)18-8-7-13-5-3-4-6-14(13)18/h3-8,15-17H,9-10H2,1-2H3. The van der Waals surface area contributed by atoms with Gasteiger partial charge < -0.3 is 18.8 Å². The molecule has 122 valence electrons. The summed E-state index contributed by atoms with van der Waals surface area (Å²) >= 11 is 0. The van der Waals surface area contributed by atoms with Crippen LogP contribution in [0.5, 0.6) is 0 Å². The minimum atomic E-state index is -0.575. The van der Waals surface area contributed by atoms with Crippen molar-refractivity contribution in [3.8, 4) is 0 Å². The van der Waals surface area contributed by atoms with E-state index in [1.807, 2.05) is 41.1 Å². The highest BCUT2D eigenvalue weighted by molar-refractivity contribution is 5.80. The van der Waals surface area contributed by atoms with Crippen molar-refractivity contribution in [1.29, 1.82) is 0 Å². The minimum Gasteiger partial charge on any atom is -0.458 e. The molecule has 1 saturated heterocycles. The molecule has 1 aliphatic rings. The highest BCUT2D eigenvalue weighted by atomic mass is 16.6. The third kappa shape index (κ3) is 3.37. The molecule has 0 spiro atoms. The van der Waals surface area contributed by atoms with Crippen molar-refractivity contribution in [2.24, 2.45) is 0 Å². The Labute approximate surface area is 133 Å². The lowest BCUT2D eigenvalue weighted by molar-refractivity contribution is -0.194. The van der Waals surface area contributed by atoms with E-state index >= 15 is 0 Å². The van der Waals surface area contributed by atoms with Gasteiger partial charge in [0.05, 0.1) is 12.1 Å². The molecule has 1 aliphatic heterocycles. The normalized spacial score (nSPS) is 24.3. The molecule has 0 N–H and O–H groups in total. The summed E-state index contributed by atoms with van der Waals surface area (Å²) in [6.45, 7) is 2.87. The summed E-state index contributed by atoms with van der Waals surface area (Å²) in [4.78, 5) is 22.5. The fourth-order valence-electron chi connectivity index (χ4n) is 2.94. The molecule has 1 aromatic heterocycles. The van der Waals surface area contributed by atoms with Crippen LogP contribution in [0.15, 0.2) is 36.5 Å². The van der Waals surface area contributed by atoms with E-state index in [1.54, 1.807) is 0 Å². The van der Waals surface area contributed by atoms with Crippen molar-refractivity contribution in [2.45, 2.75) is 38.7 Å². The Kier molecular flexibility index (Phi) is 4.34. The number of carbonyl (C=O) groups excluding carboxylic acids is 2. The van der Waals surface area contributed by atoms with E-state index in [4.69, 9.17) is 14.2 Å². The molecule has 3 rings (SSSR count). The van der Waals surface area contributed by atoms with Crippen molar-refractivity contribution in [2.75, 3.05) is 6.61 Å². The number of rotatable bonds is 3. The molecule has 1 aromatic carbocycles. The summed E-state index contributed by atoms with van der Waals surface area (Å²) < 4.78 is 18.4. The van der Waals surface area contributed by atoms with E-state index in [9.17, 15) is 9.59 Å².